The minimum atomic E-state index is -0.0558. The average Bonchev–Trinajstić information content (AvgIpc) is 3.03. The number of piperidine rings is 1. The number of fused-ring (bicyclic) bond motifs is 1. The Morgan fingerprint density at radius 1 is 1.12 bits per heavy atom. The van der Waals surface area contributed by atoms with Crippen LogP contribution in [0.25, 0.3) is 5.65 Å². The van der Waals surface area contributed by atoms with Gasteiger partial charge >= 0.3 is 0 Å². The highest BCUT2D eigenvalue weighted by molar-refractivity contribution is 6.30. The molecule has 0 atom stereocenters. The number of halogens is 1. The number of benzene rings is 1. The summed E-state index contributed by atoms with van der Waals surface area (Å²) in [5, 5.41) is 16.4. The average molecular weight is 371 g/mol. The Kier molecular flexibility index (Phi) is 4.46. The molecule has 1 aliphatic heterocycles. The van der Waals surface area contributed by atoms with Gasteiger partial charge in [0, 0.05) is 29.7 Å². The number of rotatable bonds is 3. The predicted molar refractivity (Wildman–Crippen MR) is 99.7 cm³/mol. The minimum Gasteiger partial charge on any atom is -0.355 e. The van der Waals surface area contributed by atoms with Crippen LogP contribution in [0.5, 0.6) is 0 Å². The number of aromatic nitrogens is 4. The van der Waals surface area contributed by atoms with Gasteiger partial charge in [-0.3, -0.25) is 4.79 Å². The first-order valence-electron chi connectivity index (χ1n) is 8.60. The van der Waals surface area contributed by atoms with E-state index in [-0.39, 0.29) is 11.9 Å². The number of amides is 1. The smallest absolute Gasteiger partial charge is 0.251 e. The van der Waals surface area contributed by atoms with E-state index in [1.165, 1.54) is 0 Å². The monoisotopic (exact) mass is 370 g/mol. The quantitative estimate of drug-likeness (QED) is 0.766. The summed E-state index contributed by atoms with van der Waals surface area (Å²) in [6, 6.07) is 11.0. The third-order valence-corrected chi connectivity index (χ3v) is 4.92. The summed E-state index contributed by atoms with van der Waals surface area (Å²) < 4.78 is 1.75. The molecule has 1 saturated heterocycles. The van der Waals surface area contributed by atoms with Gasteiger partial charge in [-0.1, -0.05) is 11.6 Å². The Morgan fingerprint density at radius 2 is 1.85 bits per heavy atom. The summed E-state index contributed by atoms with van der Waals surface area (Å²) in [4.78, 5) is 14.6. The van der Waals surface area contributed by atoms with E-state index in [2.05, 4.69) is 25.5 Å². The number of aryl methyl sites for hydroxylation is 1. The molecule has 1 N–H and O–H groups in total. The first kappa shape index (κ1) is 16.8. The zero-order valence-electron chi connectivity index (χ0n) is 14.4. The molecule has 0 saturated carbocycles. The number of carbonyl (C=O) groups is 1. The highest BCUT2D eigenvalue weighted by atomic mass is 35.5. The molecule has 0 radical (unpaired) electrons. The predicted octanol–water partition coefficient (Wildman–Crippen LogP) is 2.48. The van der Waals surface area contributed by atoms with Gasteiger partial charge < -0.3 is 10.2 Å². The van der Waals surface area contributed by atoms with E-state index in [1.54, 1.807) is 28.8 Å². The van der Waals surface area contributed by atoms with Crippen molar-refractivity contribution in [3.63, 3.8) is 0 Å². The van der Waals surface area contributed by atoms with Gasteiger partial charge in [-0.25, -0.2) is 0 Å². The van der Waals surface area contributed by atoms with Crippen LogP contribution >= 0.6 is 11.6 Å². The molecular formula is C18H19ClN6O. The molecule has 2 aromatic heterocycles. The van der Waals surface area contributed by atoms with Crippen molar-refractivity contribution in [3.8, 4) is 0 Å². The van der Waals surface area contributed by atoms with Crippen LogP contribution in [-0.2, 0) is 0 Å². The van der Waals surface area contributed by atoms with Crippen molar-refractivity contribution in [3.05, 3.63) is 52.8 Å². The molecule has 7 nitrogen and oxygen atoms in total. The van der Waals surface area contributed by atoms with Crippen LogP contribution in [0.3, 0.4) is 0 Å². The maximum atomic E-state index is 12.3. The number of nitrogens with one attached hydrogen (secondary N) is 1. The van der Waals surface area contributed by atoms with Crippen molar-refractivity contribution in [1.82, 2.24) is 25.1 Å². The Balaban J connectivity index is 1.38. The highest BCUT2D eigenvalue weighted by Crippen LogP contribution is 2.19. The van der Waals surface area contributed by atoms with Gasteiger partial charge in [0.25, 0.3) is 5.91 Å². The molecule has 1 amide bonds. The molecule has 134 valence electrons. The normalized spacial score (nSPS) is 15.4. The van der Waals surface area contributed by atoms with Crippen molar-refractivity contribution in [2.24, 2.45) is 0 Å². The molecule has 1 aliphatic rings. The number of hydrogen-bond donors (Lipinski definition) is 1. The number of carbonyl (C=O) groups excluding carboxylic acids is 1. The molecule has 1 aromatic carbocycles. The SMILES string of the molecule is Cc1nnc2ccc(N3CCC(NC(=O)c4ccc(Cl)cc4)CC3)nn12. The highest BCUT2D eigenvalue weighted by Gasteiger charge is 2.22. The van der Waals surface area contributed by atoms with E-state index in [0.29, 0.717) is 10.6 Å². The van der Waals surface area contributed by atoms with Crippen LogP contribution in [0, 0.1) is 6.92 Å². The second-order valence-electron chi connectivity index (χ2n) is 6.45. The zero-order chi connectivity index (χ0) is 18.1. The molecule has 0 bridgehead atoms. The summed E-state index contributed by atoms with van der Waals surface area (Å²) in [6.07, 6.45) is 1.75. The molecule has 1 fully saturated rings. The van der Waals surface area contributed by atoms with Crippen molar-refractivity contribution in [2.75, 3.05) is 18.0 Å². The fraction of sp³-hybridized carbons (Fsp3) is 0.333. The van der Waals surface area contributed by atoms with Gasteiger partial charge in [-0.2, -0.15) is 4.52 Å². The fourth-order valence-corrected chi connectivity index (χ4v) is 3.30. The fourth-order valence-electron chi connectivity index (χ4n) is 3.18. The lowest BCUT2D eigenvalue weighted by Crippen LogP contribution is -2.45. The number of anilines is 1. The first-order valence-corrected chi connectivity index (χ1v) is 8.98. The summed E-state index contributed by atoms with van der Waals surface area (Å²) >= 11 is 5.87. The molecule has 8 heteroatoms. The van der Waals surface area contributed by atoms with Gasteiger partial charge in [0.2, 0.25) is 0 Å². The Labute approximate surface area is 156 Å². The molecule has 0 unspecified atom stereocenters. The Morgan fingerprint density at radius 3 is 2.58 bits per heavy atom. The van der Waals surface area contributed by atoms with Crippen molar-refractivity contribution in [2.45, 2.75) is 25.8 Å². The number of nitrogens with zero attached hydrogens (tertiary/aromatic N) is 5. The third kappa shape index (κ3) is 3.35. The van der Waals surface area contributed by atoms with Crippen molar-refractivity contribution >= 4 is 29.0 Å². The molecule has 4 rings (SSSR count). The van der Waals surface area contributed by atoms with E-state index in [4.69, 9.17) is 11.6 Å². The van der Waals surface area contributed by atoms with Crippen LogP contribution < -0.4 is 10.2 Å². The maximum Gasteiger partial charge on any atom is 0.251 e. The van der Waals surface area contributed by atoms with Gasteiger partial charge in [0.1, 0.15) is 5.82 Å². The first-order chi connectivity index (χ1) is 12.6. The molecular weight excluding hydrogens is 352 g/mol. The second kappa shape index (κ2) is 6.92. The van der Waals surface area contributed by atoms with Crippen LogP contribution in [0.2, 0.25) is 5.02 Å². The lowest BCUT2D eigenvalue weighted by molar-refractivity contribution is 0.0931. The van der Waals surface area contributed by atoms with Gasteiger partial charge in [-0.05, 0) is 56.2 Å². The lowest BCUT2D eigenvalue weighted by atomic mass is 10.0. The number of hydrogen-bond acceptors (Lipinski definition) is 5. The minimum absolute atomic E-state index is 0.0558. The van der Waals surface area contributed by atoms with Crippen LogP contribution in [0.4, 0.5) is 5.82 Å². The van der Waals surface area contributed by atoms with E-state index < -0.39 is 0 Å². The van der Waals surface area contributed by atoms with Crippen LogP contribution in [0.1, 0.15) is 29.0 Å². The van der Waals surface area contributed by atoms with Crippen molar-refractivity contribution in [1.29, 1.82) is 0 Å². The van der Waals surface area contributed by atoms with Gasteiger partial charge in [-0.15, -0.1) is 15.3 Å². The Hall–Kier alpha value is -2.67. The van der Waals surface area contributed by atoms with Crippen LogP contribution in [-0.4, -0.2) is 44.8 Å². The Bertz CT molecular complexity index is 931. The second-order valence-corrected chi connectivity index (χ2v) is 6.89. The lowest BCUT2D eigenvalue weighted by Gasteiger charge is -2.33. The summed E-state index contributed by atoms with van der Waals surface area (Å²) in [6.45, 7) is 3.56. The summed E-state index contributed by atoms with van der Waals surface area (Å²) in [5.74, 6) is 1.62. The summed E-state index contributed by atoms with van der Waals surface area (Å²) in [5.41, 5.74) is 1.38. The third-order valence-electron chi connectivity index (χ3n) is 4.67. The molecule has 3 aromatic rings. The molecule has 0 spiro atoms. The molecule has 0 aliphatic carbocycles. The van der Waals surface area contributed by atoms with Crippen LogP contribution in [0.15, 0.2) is 36.4 Å². The topological polar surface area (TPSA) is 75.4 Å². The van der Waals surface area contributed by atoms with Gasteiger partial charge in [0.05, 0.1) is 0 Å². The molecule has 3 heterocycles. The zero-order valence-corrected chi connectivity index (χ0v) is 15.1. The largest absolute Gasteiger partial charge is 0.355 e. The molecule has 26 heavy (non-hydrogen) atoms. The van der Waals surface area contributed by atoms with E-state index in [1.807, 2.05) is 19.1 Å². The van der Waals surface area contributed by atoms with Crippen molar-refractivity contribution < 1.29 is 4.79 Å². The standard InChI is InChI=1S/C18H19ClN6O/c1-12-21-22-16-6-7-17(23-25(12)16)24-10-8-15(9-11-24)20-18(26)13-2-4-14(19)5-3-13/h2-7,15H,8-11H2,1H3,(H,20,26). The maximum absolute atomic E-state index is 12.3. The summed E-state index contributed by atoms with van der Waals surface area (Å²) in [7, 11) is 0. The van der Waals surface area contributed by atoms with E-state index >= 15 is 0 Å². The van der Waals surface area contributed by atoms with Gasteiger partial charge in [0.15, 0.2) is 11.5 Å². The van der Waals surface area contributed by atoms with E-state index in [9.17, 15) is 4.79 Å². The van der Waals surface area contributed by atoms with E-state index in [0.717, 1.165) is 43.2 Å².